The molecular weight excluding hydrogens is 288 g/mol. The number of nitrogens with one attached hydrogen (secondary N) is 1. The molecule has 0 saturated carbocycles. The van der Waals surface area contributed by atoms with Crippen LogP contribution in [-0.2, 0) is 0 Å². The van der Waals surface area contributed by atoms with E-state index in [9.17, 15) is 0 Å². The van der Waals surface area contributed by atoms with Gasteiger partial charge in [-0.2, -0.15) is 6.54 Å². The van der Waals surface area contributed by atoms with E-state index < -0.39 is 0 Å². The average Bonchev–Trinajstić information content (AvgIpc) is 1.37. The monoisotopic (exact) mass is 295 g/mol. The van der Waals surface area contributed by atoms with Crippen LogP contribution >= 0.6 is 0 Å². The molecule has 0 bridgehead atoms. The molecule has 0 fully saturated rings. The van der Waals surface area contributed by atoms with Crippen LogP contribution < -0.4 is 5.32 Å². The minimum Gasteiger partial charge on any atom is -0.498 e. The molecule has 0 radical (unpaired) electrons. The van der Waals surface area contributed by atoms with Crippen molar-refractivity contribution >= 4 is 0 Å². The van der Waals surface area contributed by atoms with E-state index in [0.717, 1.165) is 0 Å². The van der Waals surface area contributed by atoms with E-state index in [1.807, 2.05) is 0 Å². The van der Waals surface area contributed by atoms with Crippen molar-refractivity contribution in [3.63, 3.8) is 0 Å². The van der Waals surface area contributed by atoms with Crippen molar-refractivity contribution in [1.29, 1.82) is 0 Å². The molecular formula is C3H7NU. The van der Waals surface area contributed by atoms with Gasteiger partial charge in [-0.3, -0.25) is 7.05 Å². The first-order chi connectivity index (χ1) is 1.91. The Labute approximate surface area is 56.9 Å². The van der Waals surface area contributed by atoms with Crippen LogP contribution in [0.15, 0.2) is 0 Å². The number of rotatable bonds is 1. The number of hydrogen-bond acceptors (Lipinski definition) is 1. The summed E-state index contributed by atoms with van der Waals surface area (Å²) in [7, 11) is 3.29. The molecule has 0 amide bonds. The van der Waals surface area contributed by atoms with Gasteiger partial charge in [0, 0.05) is 0 Å². The van der Waals surface area contributed by atoms with Crippen LogP contribution in [0.5, 0.6) is 0 Å². The summed E-state index contributed by atoms with van der Waals surface area (Å²) in [4.78, 5) is 0. The topological polar surface area (TPSA) is 12.0 Å². The predicted octanol–water partition coefficient (Wildman–Crippen LogP) is 0.202. The molecule has 0 spiro atoms. The number of hydrogen-bond donors (Lipinski definition) is 1. The molecule has 0 aromatic rings. The third kappa shape index (κ3) is 11.2. The fourth-order valence-corrected chi connectivity index (χ4v) is 0. The predicted molar refractivity (Wildman–Crippen MR) is 18.7 cm³/mol. The second-order valence-electron chi connectivity index (χ2n) is 0.500. The molecule has 0 rings (SSSR count). The van der Waals surface area contributed by atoms with E-state index in [-0.39, 0.29) is 31.1 Å². The molecule has 0 aromatic heterocycles. The maximum atomic E-state index is 3.43. The zero-order valence-electron chi connectivity index (χ0n) is 3.12. The molecule has 0 aliphatic carbocycles. The summed E-state index contributed by atoms with van der Waals surface area (Å²) >= 11 is 0. The van der Waals surface area contributed by atoms with Gasteiger partial charge < -0.3 is 12.2 Å². The fraction of sp³-hybridized carbons (Fsp3) is 0.333. The van der Waals surface area contributed by atoms with Crippen LogP contribution in [-0.4, -0.2) is 6.54 Å². The summed E-state index contributed by atoms with van der Waals surface area (Å²) in [6, 6.07) is 0. The third-order valence-electron chi connectivity index (χ3n) is 0.177. The summed E-state index contributed by atoms with van der Waals surface area (Å²) in [5, 5.41) is 2.57. The van der Waals surface area contributed by atoms with Gasteiger partial charge in [0.1, 0.15) is 0 Å². The SMILES string of the molecule is [CH2-]CN[CH2-].[U+2]. The standard InChI is InChI=1S/C3H7N.U/c1-3-4-2;/h4H,1-3H2;/q-2;+2. The molecule has 0 aliphatic heterocycles. The van der Waals surface area contributed by atoms with Crippen LogP contribution in [0.4, 0.5) is 0 Å². The first kappa shape index (κ1) is 9.38. The second-order valence-corrected chi connectivity index (χ2v) is 0.500. The van der Waals surface area contributed by atoms with Gasteiger partial charge in [-0.25, -0.2) is 0 Å². The van der Waals surface area contributed by atoms with E-state index in [2.05, 4.69) is 19.3 Å². The molecule has 5 heavy (non-hydrogen) atoms. The third-order valence-corrected chi connectivity index (χ3v) is 0.177. The zero-order valence-corrected chi connectivity index (χ0v) is 7.29. The van der Waals surface area contributed by atoms with Crippen molar-refractivity contribution in [2.24, 2.45) is 0 Å². The molecule has 0 aliphatic rings. The van der Waals surface area contributed by atoms with E-state index >= 15 is 0 Å². The van der Waals surface area contributed by atoms with Crippen LogP contribution in [0.25, 0.3) is 0 Å². The van der Waals surface area contributed by atoms with Crippen molar-refractivity contribution in [1.82, 2.24) is 5.32 Å². The maximum absolute atomic E-state index is 3.43. The Bertz CT molecular complexity index is 8.85. The van der Waals surface area contributed by atoms with Crippen molar-refractivity contribution in [3.8, 4) is 0 Å². The molecule has 2 heteroatoms. The van der Waals surface area contributed by atoms with Crippen molar-refractivity contribution < 1.29 is 31.1 Å². The Morgan fingerprint density at radius 2 is 1.80 bits per heavy atom. The summed E-state index contributed by atoms with van der Waals surface area (Å²) in [6.07, 6.45) is 0. The van der Waals surface area contributed by atoms with Gasteiger partial charge in [-0.05, 0) is 0 Å². The summed E-state index contributed by atoms with van der Waals surface area (Å²) in [5.74, 6) is 0. The summed E-state index contributed by atoms with van der Waals surface area (Å²) in [5.41, 5.74) is 0. The Morgan fingerprint density at radius 3 is 1.80 bits per heavy atom. The Hall–Kier alpha value is 1.01. The maximum Gasteiger partial charge on any atom is 2.00 e. The summed E-state index contributed by atoms with van der Waals surface area (Å²) < 4.78 is 0. The van der Waals surface area contributed by atoms with Gasteiger partial charge in [0.05, 0.1) is 0 Å². The fourth-order valence-electron chi connectivity index (χ4n) is 0. The second kappa shape index (κ2) is 8.89. The first-order valence-electron chi connectivity index (χ1n) is 1.21. The molecule has 0 saturated heterocycles. The van der Waals surface area contributed by atoms with Crippen LogP contribution in [0, 0.1) is 45.1 Å². The Kier molecular flexibility index (Phi) is 16.7. The smallest absolute Gasteiger partial charge is 0.498 e. The Morgan fingerprint density at radius 1 is 1.60 bits per heavy atom. The first-order valence-corrected chi connectivity index (χ1v) is 1.21. The van der Waals surface area contributed by atoms with Crippen LogP contribution in [0.2, 0.25) is 0 Å². The van der Waals surface area contributed by atoms with Gasteiger partial charge >= 0.3 is 31.1 Å². The van der Waals surface area contributed by atoms with E-state index in [1.54, 1.807) is 0 Å². The summed E-state index contributed by atoms with van der Waals surface area (Å²) in [6.45, 7) is 4.14. The van der Waals surface area contributed by atoms with E-state index in [4.69, 9.17) is 0 Å². The van der Waals surface area contributed by atoms with Gasteiger partial charge in [0.25, 0.3) is 0 Å². The average molecular weight is 295 g/mol. The minimum absolute atomic E-state index is 0. The molecule has 0 unspecified atom stereocenters. The van der Waals surface area contributed by atoms with E-state index in [0.29, 0.717) is 6.54 Å². The van der Waals surface area contributed by atoms with Gasteiger partial charge in [-0.15, -0.1) is 0 Å². The van der Waals surface area contributed by atoms with Crippen LogP contribution in [0.1, 0.15) is 0 Å². The zero-order chi connectivity index (χ0) is 3.41. The van der Waals surface area contributed by atoms with E-state index in [1.165, 1.54) is 0 Å². The van der Waals surface area contributed by atoms with Crippen molar-refractivity contribution in [2.45, 2.75) is 0 Å². The van der Waals surface area contributed by atoms with Crippen molar-refractivity contribution in [2.75, 3.05) is 6.54 Å². The Balaban J connectivity index is 0. The molecule has 1 N–H and O–H groups in total. The normalized spacial score (nSPS) is 6.00. The molecule has 0 aromatic carbocycles. The molecule has 0 atom stereocenters. The molecule has 1 nitrogen and oxygen atoms in total. The van der Waals surface area contributed by atoms with Gasteiger partial charge in [0.15, 0.2) is 0 Å². The van der Waals surface area contributed by atoms with Gasteiger partial charge in [-0.1, -0.05) is 0 Å². The van der Waals surface area contributed by atoms with Crippen LogP contribution in [0.3, 0.4) is 0 Å². The largest absolute Gasteiger partial charge is 2.00 e. The van der Waals surface area contributed by atoms with Crippen molar-refractivity contribution in [3.05, 3.63) is 14.0 Å². The molecule has 28 valence electrons. The van der Waals surface area contributed by atoms with Gasteiger partial charge in [0.2, 0.25) is 0 Å². The minimum atomic E-state index is 0. The quantitative estimate of drug-likeness (QED) is 0.682. The molecule has 0 heterocycles.